The molecule has 3 aliphatic rings. The third-order valence-corrected chi connectivity index (χ3v) is 5.86. The molecule has 0 saturated carbocycles. The van der Waals surface area contributed by atoms with Gasteiger partial charge in [0.05, 0.1) is 23.9 Å². The molecule has 0 aromatic carbocycles. The number of aliphatic hydroxyl groups excluding tert-OH is 1. The molecule has 25 heavy (non-hydrogen) atoms. The molecule has 0 aromatic rings. The van der Waals surface area contributed by atoms with Crippen LogP contribution in [-0.2, 0) is 9.47 Å². The lowest BCUT2D eigenvalue weighted by atomic mass is 9.84. The average molecular weight is 354 g/mol. The summed E-state index contributed by atoms with van der Waals surface area (Å²) in [6.07, 6.45) is 5.96. The van der Waals surface area contributed by atoms with Crippen LogP contribution < -0.4 is 0 Å². The Morgan fingerprint density at radius 3 is 2.56 bits per heavy atom. The molecule has 0 unspecified atom stereocenters. The zero-order chi connectivity index (χ0) is 18.5. The minimum absolute atomic E-state index is 0.152. The van der Waals surface area contributed by atoms with Crippen LogP contribution in [0.1, 0.15) is 52.9 Å². The summed E-state index contributed by atoms with van der Waals surface area (Å²) in [5, 5.41) is 42.4. The van der Waals surface area contributed by atoms with Gasteiger partial charge in [-0.2, -0.15) is 0 Å². The van der Waals surface area contributed by atoms with Crippen molar-refractivity contribution < 1.29 is 29.9 Å². The van der Waals surface area contributed by atoms with E-state index in [1.165, 1.54) is 0 Å². The predicted octanol–water partition coefficient (Wildman–Crippen LogP) is 1.17. The third-order valence-electron chi connectivity index (χ3n) is 5.86. The average Bonchev–Trinajstić information content (AvgIpc) is 3.17. The maximum atomic E-state index is 11.0. The first-order valence-electron chi connectivity index (χ1n) is 9.03. The molecule has 6 heteroatoms. The van der Waals surface area contributed by atoms with Crippen LogP contribution in [0.4, 0.5) is 0 Å². The van der Waals surface area contributed by atoms with Gasteiger partial charge in [0.2, 0.25) is 5.79 Å². The molecule has 0 aromatic heterocycles. The molecule has 4 N–H and O–H groups in total. The van der Waals surface area contributed by atoms with Crippen molar-refractivity contribution in [3.8, 4) is 0 Å². The molecule has 2 saturated heterocycles. The van der Waals surface area contributed by atoms with Crippen LogP contribution in [0.2, 0.25) is 0 Å². The molecule has 3 rings (SSSR count). The number of epoxide rings is 1. The Balaban J connectivity index is 1.88. The van der Waals surface area contributed by atoms with Gasteiger partial charge in [-0.1, -0.05) is 17.7 Å². The zero-order valence-corrected chi connectivity index (χ0v) is 15.2. The van der Waals surface area contributed by atoms with Crippen LogP contribution in [-0.4, -0.2) is 61.8 Å². The first kappa shape index (κ1) is 19.0. The van der Waals surface area contributed by atoms with Gasteiger partial charge < -0.3 is 29.9 Å². The summed E-state index contributed by atoms with van der Waals surface area (Å²) in [7, 11) is 0. The maximum Gasteiger partial charge on any atom is 0.218 e. The quantitative estimate of drug-likeness (QED) is 0.385. The Labute approximate surface area is 148 Å². The van der Waals surface area contributed by atoms with Gasteiger partial charge in [0.1, 0.15) is 6.10 Å². The number of aliphatic hydroxyl groups is 4. The molecule has 6 nitrogen and oxygen atoms in total. The second kappa shape index (κ2) is 6.15. The first-order chi connectivity index (χ1) is 11.5. The van der Waals surface area contributed by atoms with Crippen molar-refractivity contribution in [1.82, 2.24) is 0 Å². The van der Waals surface area contributed by atoms with Crippen LogP contribution >= 0.6 is 0 Å². The van der Waals surface area contributed by atoms with E-state index in [1.54, 1.807) is 32.1 Å². The Hall–Kier alpha value is -0.760. The Morgan fingerprint density at radius 2 is 1.88 bits per heavy atom. The van der Waals surface area contributed by atoms with Gasteiger partial charge in [-0.25, -0.2) is 0 Å². The van der Waals surface area contributed by atoms with Gasteiger partial charge in [-0.05, 0) is 59.0 Å². The van der Waals surface area contributed by atoms with Gasteiger partial charge in [-0.15, -0.1) is 0 Å². The predicted molar refractivity (Wildman–Crippen MR) is 91.7 cm³/mol. The van der Waals surface area contributed by atoms with Gasteiger partial charge in [0, 0.05) is 0 Å². The van der Waals surface area contributed by atoms with E-state index < -0.39 is 28.7 Å². The van der Waals surface area contributed by atoms with Crippen molar-refractivity contribution in [2.24, 2.45) is 0 Å². The standard InChI is InChI=1S/C19H30O6/c1-13-5-6-14(20)17(3,22)8-4-7-16(2,21)9-10-18-15(25-18)12-24-19(18,23)11-13/h4,7,11,14-15,20-23H,5-6,8-10,12H2,1-3H3/t14-,15+,16+,17-,18+,19-/m0/s1. The SMILES string of the molecule is CC1=C[C@]2(O)OC[C@H]3O[C@]32CC[C@](C)(O)C=CC[C@](C)(O)[C@@H](O)CC1. The summed E-state index contributed by atoms with van der Waals surface area (Å²) < 4.78 is 11.4. The molecular formula is C19H30O6. The number of rotatable bonds is 0. The maximum absolute atomic E-state index is 11.0. The summed E-state index contributed by atoms with van der Waals surface area (Å²) in [6.45, 7) is 5.47. The summed E-state index contributed by atoms with van der Waals surface area (Å²) >= 11 is 0. The highest BCUT2D eigenvalue weighted by Crippen LogP contribution is 2.56. The normalized spacial score (nSPS) is 51.2. The molecule has 142 valence electrons. The minimum Gasteiger partial charge on any atom is -0.390 e. The number of hydrogen-bond acceptors (Lipinski definition) is 6. The van der Waals surface area contributed by atoms with E-state index in [4.69, 9.17) is 9.47 Å². The molecule has 2 fully saturated rings. The van der Waals surface area contributed by atoms with Gasteiger partial charge >= 0.3 is 0 Å². The zero-order valence-electron chi connectivity index (χ0n) is 15.2. The highest BCUT2D eigenvalue weighted by Gasteiger charge is 2.73. The molecule has 2 aliphatic heterocycles. The fraction of sp³-hybridized carbons (Fsp3) is 0.789. The molecule has 0 radical (unpaired) electrons. The molecule has 1 aliphatic carbocycles. The molecular weight excluding hydrogens is 324 g/mol. The first-order valence-corrected chi connectivity index (χ1v) is 9.03. The van der Waals surface area contributed by atoms with Crippen molar-refractivity contribution in [1.29, 1.82) is 0 Å². The Bertz CT molecular complexity index is 580. The fourth-order valence-corrected chi connectivity index (χ4v) is 3.88. The van der Waals surface area contributed by atoms with Crippen LogP contribution in [0.25, 0.3) is 0 Å². The lowest BCUT2D eigenvalue weighted by Gasteiger charge is -2.32. The van der Waals surface area contributed by atoms with E-state index in [9.17, 15) is 20.4 Å². The highest BCUT2D eigenvalue weighted by atomic mass is 16.7. The van der Waals surface area contributed by atoms with Crippen LogP contribution in [0.3, 0.4) is 0 Å². The molecule has 6 atom stereocenters. The largest absolute Gasteiger partial charge is 0.390 e. The van der Waals surface area contributed by atoms with E-state index in [0.717, 1.165) is 5.57 Å². The van der Waals surface area contributed by atoms with Crippen molar-refractivity contribution in [3.05, 3.63) is 23.8 Å². The second-order valence-electron chi connectivity index (χ2n) is 8.37. The number of hydrogen-bond donors (Lipinski definition) is 4. The summed E-state index contributed by atoms with van der Waals surface area (Å²) in [4.78, 5) is 0. The molecule has 2 heterocycles. The highest BCUT2D eigenvalue weighted by molar-refractivity contribution is 5.26. The number of ether oxygens (including phenoxy) is 2. The van der Waals surface area contributed by atoms with E-state index in [2.05, 4.69) is 0 Å². The van der Waals surface area contributed by atoms with Gasteiger partial charge in [0.25, 0.3) is 0 Å². The minimum atomic E-state index is -1.51. The van der Waals surface area contributed by atoms with Gasteiger partial charge in [-0.3, -0.25) is 0 Å². The van der Waals surface area contributed by atoms with Crippen molar-refractivity contribution in [2.45, 2.75) is 87.7 Å². The Morgan fingerprint density at radius 1 is 1.16 bits per heavy atom. The summed E-state index contributed by atoms with van der Waals surface area (Å²) in [5.41, 5.74) is -2.31. The van der Waals surface area contributed by atoms with Gasteiger partial charge in [0.15, 0.2) is 5.60 Å². The summed E-state index contributed by atoms with van der Waals surface area (Å²) in [6, 6.07) is 0. The molecule has 0 bridgehead atoms. The van der Waals surface area contributed by atoms with Crippen LogP contribution in [0.5, 0.6) is 0 Å². The number of allylic oxidation sites excluding steroid dienone is 1. The van der Waals surface area contributed by atoms with Crippen LogP contribution in [0, 0.1) is 0 Å². The van der Waals surface area contributed by atoms with E-state index in [0.29, 0.717) is 32.3 Å². The van der Waals surface area contributed by atoms with E-state index in [1.807, 2.05) is 6.92 Å². The summed E-state index contributed by atoms with van der Waals surface area (Å²) in [5.74, 6) is -1.51. The third kappa shape index (κ3) is 3.56. The van der Waals surface area contributed by atoms with Crippen molar-refractivity contribution in [3.63, 3.8) is 0 Å². The van der Waals surface area contributed by atoms with Crippen molar-refractivity contribution >= 4 is 0 Å². The smallest absolute Gasteiger partial charge is 0.218 e. The van der Waals surface area contributed by atoms with E-state index >= 15 is 0 Å². The monoisotopic (exact) mass is 354 g/mol. The second-order valence-corrected chi connectivity index (χ2v) is 8.37. The Kier molecular flexibility index (Phi) is 4.68. The van der Waals surface area contributed by atoms with Crippen molar-refractivity contribution in [2.75, 3.05) is 6.61 Å². The molecule has 0 amide bonds. The molecule has 1 spiro atoms. The van der Waals surface area contributed by atoms with Crippen LogP contribution in [0.15, 0.2) is 23.8 Å². The topological polar surface area (TPSA) is 103 Å². The van der Waals surface area contributed by atoms with E-state index in [-0.39, 0.29) is 12.5 Å². The lowest BCUT2D eigenvalue weighted by molar-refractivity contribution is -0.200. The lowest BCUT2D eigenvalue weighted by Crippen LogP contribution is -2.44. The fourth-order valence-electron chi connectivity index (χ4n) is 3.88.